The van der Waals surface area contributed by atoms with Crippen molar-refractivity contribution in [3.63, 3.8) is 0 Å². The molecule has 0 amide bonds. The van der Waals surface area contributed by atoms with Gasteiger partial charge in [-0.05, 0) is 31.4 Å². The van der Waals surface area contributed by atoms with Crippen molar-refractivity contribution >= 4 is 0 Å². The predicted octanol–water partition coefficient (Wildman–Crippen LogP) is 3.24. The van der Waals surface area contributed by atoms with Gasteiger partial charge in [0.05, 0.1) is 0 Å². The molecule has 3 heterocycles. The third kappa shape index (κ3) is 3.39. The van der Waals surface area contributed by atoms with Crippen LogP contribution in [-0.4, -0.2) is 29.1 Å². The molecule has 3 rings (SSSR count). The molecule has 1 fully saturated rings. The quantitative estimate of drug-likeness (QED) is 0.751. The van der Waals surface area contributed by atoms with E-state index >= 15 is 0 Å². The Hall–Kier alpha value is -1.09. The molecule has 0 saturated carbocycles. The summed E-state index contributed by atoms with van der Waals surface area (Å²) in [6.45, 7) is 6.77. The SMILES string of the molecule is CCCCCCCN1C[C@@H]2C[C@H](C1)c1cccc(=O)n1C2. The van der Waals surface area contributed by atoms with Gasteiger partial charge in [-0.1, -0.05) is 38.7 Å². The lowest BCUT2D eigenvalue weighted by atomic mass is 9.83. The molecular weight excluding hydrogens is 260 g/mol. The summed E-state index contributed by atoms with van der Waals surface area (Å²) in [6.07, 6.45) is 8.06. The number of nitrogens with zero attached hydrogens (tertiary/aromatic N) is 2. The Morgan fingerprint density at radius 3 is 2.81 bits per heavy atom. The zero-order chi connectivity index (χ0) is 14.7. The van der Waals surface area contributed by atoms with Crippen molar-refractivity contribution in [3.8, 4) is 0 Å². The number of rotatable bonds is 6. The van der Waals surface area contributed by atoms with E-state index in [-0.39, 0.29) is 5.56 Å². The van der Waals surface area contributed by atoms with Gasteiger partial charge in [0.2, 0.25) is 0 Å². The van der Waals surface area contributed by atoms with Crippen LogP contribution in [0.25, 0.3) is 0 Å². The highest BCUT2D eigenvalue weighted by molar-refractivity contribution is 5.16. The zero-order valence-corrected chi connectivity index (χ0v) is 13.3. The third-order valence-electron chi connectivity index (χ3n) is 5.13. The highest BCUT2D eigenvalue weighted by atomic mass is 16.1. The van der Waals surface area contributed by atoms with Crippen LogP contribution in [0.3, 0.4) is 0 Å². The minimum absolute atomic E-state index is 0.190. The number of likely N-dealkylation sites (tertiary alicyclic amines) is 1. The molecule has 116 valence electrons. The average molecular weight is 288 g/mol. The summed E-state index contributed by atoms with van der Waals surface area (Å²) in [7, 11) is 0. The zero-order valence-electron chi connectivity index (χ0n) is 13.3. The van der Waals surface area contributed by atoms with Crippen molar-refractivity contribution in [2.75, 3.05) is 19.6 Å². The van der Waals surface area contributed by atoms with Gasteiger partial charge in [-0.2, -0.15) is 0 Å². The first kappa shape index (κ1) is 14.8. The number of unbranched alkanes of at least 4 members (excludes halogenated alkanes) is 4. The van der Waals surface area contributed by atoms with Gasteiger partial charge in [0.15, 0.2) is 0 Å². The lowest BCUT2D eigenvalue weighted by molar-refractivity contribution is 0.118. The number of fused-ring (bicyclic) bond motifs is 4. The summed E-state index contributed by atoms with van der Waals surface area (Å²) in [5.74, 6) is 1.24. The molecule has 2 bridgehead atoms. The van der Waals surface area contributed by atoms with Gasteiger partial charge in [-0.3, -0.25) is 4.79 Å². The fraction of sp³-hybridized carbons (Fsp3) is 0.722. The molecule has 2 aliphatic heterocycles. The maximum atomic E-state index is 12.0. The van der Waals surface area contributed by atoms with E-state index < -0.39 is 0 Å². The summed E-state index contributed by atoms with van der Waals surface area (Å²) < 4.78 is 2.03. The van der Waals surface area contributed by atoms with Crippen LogP contribution in [0.1, 0.15) is 57.1 Å². The van der Waals surface area contributed by atoms with Gasteiger partial charge in [0.25, 0.3) is 5.56 Å². The summed E-state index contributed by atoms with van der Waals surface area (Å²) in [4.78, 5) is 14.6. The Morgan fingerprint density at radius 2 is 1.95 bits per heavy atom. The van der Waals surface area contributed by atoms with Crippen LogP contribution < -0.4 is 5.56 Å². The molecule has 1 aromatic rings. The second-order valence-corrected chi connectivity index (χ2v) is 6.87. The minimum Gasteiger partial charge on any atom is -0.312 e. The van der Waals surface area contributed by atoms with Crippen molar-refractivity contribution in [2.24, 2.45) is 5.92 Å². The Balaban J connectivity index is 1.59. The van der Waals surface area contributed by atoms with E-state index in [2.05, 4.69) is 17.9 Å². The Morgan fingerprint density at radius 1 is 1.10 bits per heavy atom. The summed E-state index contributed by atoms with van der Waals surface area (Å²) >= 11 is 0. The van der Waals surface area contributed by atoms with Gasteiger partial charge in [0.1, 0.15) is 0 Å². The van der Waals surface area contributed by atoms with E-state index in [1.807, 2.05) is 10.6 Å². The van der Waals surface area contributed by atoms with Crippen molar-refractivity contribution in [1.29, 1.82) is 0 Å². The van der Waals surface area contributed by atoms with E-state index in [9.17, 15) is 4.79 Å². The topological polar surface area (TPSA) is 25.2 Å². The van der Waals surface area contributed by atoms with Gasteiger partial charge >= 0.3 is 0 Å². The Kier molecular flexibility index (Phi) is 4.79. The second kappa shape index (κ2) is 6.78. The number of hydrogen-bond acceptors (Lipinski definition) is 2. The van der Waals surface area contributed by atoms with Gasteiger partial charge in [0, 0.05) is 37.3 Å². The number of pyridine rings is 1. The van der Waals surface area contributed by atoms with Crippen molar-refractivity contribution in [3.05, 3.63) is 34.2 Å². The summed E-state index contributed by atoms with van der Waals surface area (Å²) in [5.41, 5.74) is 1.46. The van der Waals surface area contributed by atoms with Crippen LogP contribution in [0, 0.1) is 5.92 Å². The molecule has 2 aliphatic rings. The third-order valence-corrected chi connectivity index (χ3v) is 5.13. The van der Waals surface area contributed by atoms with E-state index in [0.29, 0.717) is 11.8 Å². The first-order valence-corrected chi connectivity index (χ1v) is 8.70. The first-order valence-electron chi connectivity index (χ1n) is 8.70. The number of piperidine rings is 1. The van der Waals surface area contributed by atoms with Crippen LogP contribution in [0.4, 0.5) is 0 Å². The molecule has 0 unspecified atom stereocenters. The molecule has 0 radical (unpaired) electrons. The molecule has 3 heteroatoms. The predicted molar refractivity (Wildman–Crippen MR) is 86.7 cm³/mol. The van der Waals surface area contributed by atoms with Gasteiger partial charge in [-0.25, -0.2) is 0 Å². The fourth-order valence-corrected chi connectivity index (χ4v) is 4.12. The molecule has 3 nitrogen and oxygen atoms in total. The lowest BCUT2D eigenvalue weighted by Crippen LogP contribution is -2.47. The molecule has 2 atom stereocenters. The normalized spacial score (nSPS) is 24.8. The monoisotopic (exact) mass is 288 g/mol. The summed E-state index contributed by atoms with van der Waals surface area (Å²) in [6, 6.07) is 5.79. The van der Waals surface area contributed by atoms with Crippen molar-refractivity contribution in [2.45, 2.75) is 57.9 Å². The van der Waals surface area contributed by atoms with Crippen LogP contribution in [0.2, 0.25) is 0 Å². The Bertz CT molecular complexity index is 522. The highest BCUT2D eigenvalue weighted by Gasteiger charge is 2.33. The van der Waals surface area contributed by atoms with Crippen LogP contribution in [0.15, 0.2) is 23.0 Å². The molecule has 0 spiro atoms. The van der Waals surface area contributed by atoms with E-state index in [4.69, 9.17) is 0 Å². The number of hydrogen-bond donors (Lipinski definition) is 0. The van der Waals surface area contributed by atoms with Crippen LogP contribution in [0.5, 0.6) is 0 Å². The first-order chi connectivity index (χ1) is 10.3. The lowest BCUT2D eigenvalue weighted by Gasteiger charge is -2.42. The van der Waals surface area contributed by atoms with E-state index in [1.54, 1.807) is 6.07 Å². The highest BCUT2D eigenvalue weighted by Crippen LogP contribution is 2.34. The van der Waals surface area contributed by atoms with E-state index in [1.165, 1.54) is 57.3 Å². The minimum atomic E-state index is 0.190. The van der Waals surface area contributed by atoms with E-state index in [0.717, 1.165) is 13.1 Å². The molecule has 0 aliphatic carbocycles. The fourth-order valence-electron chi connectivity index (χ4n) is 4.12. The molecule has 1 saturated heterocycles. The van der Waals surface area contributed by atoms with Crippen molar-refractivity contribution < 1.29 is 0 Å². The molecular formula is C18H28N2O. The van der Waals surface area contributed by atoms with Crippen LogP contribution in [-0.2, 0) is 6.54 Å². The maximum Gasteiger partial charge on any atom is 0.250 e. The average Bonchev–Trinajstić information content (AvgIpc) is 2.48. The standard InChI is InChI=1S/C18H28N2O/c1-2-3-4-5-6-10-19-12-15-11-16(14-19)17-8-7-9-18(21)20(17)13-15/h7-9,15-16H,2-6,10-14H2,1H3/t15-,16+/m0/s1. The Labute approximate surface area is 128 Å². The van der Waals surface area contributed by atoms with Crippen LogP contribution >= 0.6 is 0 Å². The molecule has 0 N–H and O–H groups in total. The summed E-state index contributed by atoms with van der Waals surface area (Å²) in [5, 5.41) is 0. The van der Waals surface area contributed by atoms with Gasteiger partial charge < -0.3 is 9.47 Å². The largest absolute Gasteiger partial charge is 0.312 e. The molecule has 21 heavy (non-hydrogen) atoms. The molecule has 1 aromatic heterocycles. The van der Waals surface area contributed by atoms with Crippen molar-refractivity contribution in [1.82, 2.24) is 9.47 Å². The smallest absolute Gasteiger partial charge is 0.250 e. The second-order valence-electron chi connectivity index (χ2n) is 6.87. The maximum absolute atomic E-state index is 12.0. The number of aromatic nitrogens is 1. The molecule has 0 aromatic carbocycles. The van der Waals surface area contributed by atoms with Gasteiger partial charge in [-0.15, -0.1) is 0 Å².